The lowest BCUT2D eigenvalue weighted by Crippen LogP contribution is -2.54. The molecule has 0 aliphatic heterocycles. The van der Waals surface area contributed by atoms with E-state index >= 15 is 0 Å². The molecule has 0 unspecified atom stereocenters. The van der Waals surface area contributed by atoms with Crippen LogP contribution < -0.4 is 9.62 Å². The molecule has 0 aromatic heterocycles. The molecule has 1 N–H and O–H groups in total. The molecule has 4 aromatic rings. The van der Waals surface area contributed by atoms with Crippen LogP contribution in [0.15, 0.2) is 95.9 Å². The molecule has 0 bridgehead atoms. The molecular weight excluding hydrogens is 700 g/mol. The number of rotatable bonds is 13. The number of amides is 2. The van der Waals surface area contributed by atoms with E-state index in [1.54, 1.807) is 36.4 Å². The fraction of sp³-hybridized carbons (Fsp3) is 0.257. The van der Waals surface area contributed by atoms with Crippen LogP contribution in [0.3, 0.4) is 0 Å². The molecule has 0 spiro atoms. The summed E-state index contributed by atoms with van der Waals surface area (Å²) in [4.78, 5) is 29.9. The number of hydrogen-bond donors (Lipinski definition) is 1. The molecule has 4 rings (SSSR count). The molecule has 4 aromatic carbocycles. The lowest BCUT2D eigenvalue weighted by molar-refractivity contribution is -0.140. The molecule has 2 atom stereocenters. The van der Waals surface area contributed by atoms with Crippen LogP contribution in [-0.4, -0.2) is 43.8 Å². The summed E-state index contributed by atoms with van der Waals surface area (Å²) in [5, 5.41) is 3.68. The average molecular weight is 736 g/mol. The zero-order valence-corrected chi connectivity index (χ0v) is 29.9. The van der Waals surface area contributed by atoms with Gasteiger partial charge < -0.3 is 10.2 Å². The Balaban J connectivity index is 1.85. The van der Waals surface area contributed by atoms with E-state index in [0.29, 0.717) is 17.0 Å². The number of nitrogens with one attached hydrogen (secondary N) is 1. The number of anilines is 1. The van der Waals surface area contributed by atoms with Crippen LogP contribution in [0, 0.1) is 6.92 Å². The third-order valence-electron chi connectivity index (χ3n) is 7.70. The summed E-state index contributed by atoms with van der Waals surface area (Å²) in [6.45, 7) is 4.91. The van der Waals surface area contributed by atoms with Crippen LogP contribution >= 0.6 is 46.4 Å². The van der Waals surface area contributed by atoms with Gasteiger partial charge in [0.15, 0.2) is 0 Å². The summed E-state index contributed by atoms with van der Waals surface area (Å²) < 4.78 is 29.4. The summed E-state index contributed by atoms with van der Waals surface area (Å²) in [7, 11) is -4.35. The highest BCUT2D eigenvalue weighted by molar-refractivity contribution is 7.92. The van der Waals surface area contributed by atoms with Gasteiger partial charge in [-0.3, -0.25) is 13.9 Å². The fourth-order valence-corrected chi connectivity index (χ4v) is 7.06. The van der Waals surface area contributed by atoms with Gasteiger partial charge in [0, 0.05) is 19.0 Å². The Labute approximate surface area is 296 Å². The largest absolute Gasteiger partial charge is 0.352 e. The smallest absolute Gasteiger partial charge is 0.264 e. The highest BCUT2D eigenvalue weighted by atomic mass is 35.5. The minimum Gasteiger partial charge on any atom is -0.352 e. The molecule has 0 heterocycles. The van der Waals surface area contributed by atoms with Crippen molar-refractivity contribution in [1.82, 2.24) is 10.2 Å². The summed E-state index contributed by atoms with van der Waals surface area (Å²) in [6, 6.07) is 23.8. The number of hydrogen-bond acceptors (Lipinski definition) is 4. The topological polar surface area (TPSA) is 86.8 Å². The third kappa shape index (κ3) is 9.21. The maximum atomic E-state index is 14.6. The summed E-state index contributed by atoms with van der Waals surface area (Å²) in [5.74, 6) is -1.03. The molecular formula is C35H35Cl4N3O4S. The van der Waals surface area contributed by atoms with Crippen LogP contribution in [0.5, 0.6) is 0 Å². The molecule has 248 valence electrons. The van der Waals surface area contributed by atoms with Gasteiger partial charge in [-0.1, -0.05) is 113 Å². The molecule has 0 fully saturated rings. The number of sulfonamides is 1. The molecule has 12 heteroatoms. The van der Waals surface area contributed by atoms with Crippen molar-refractivity contribution in [3.8, 4) is 0 Å². The second-order valence-electron chi connectivity index (χ2n) is 11.2. The van der Waals surface area contributed by atoms with Crippen LogP contribution in [0.25, 0.3) is 0 Å². The quantitative estimate of drug-likeness (QED) is 0.150. The predicted molar refractivity (Wildman–Crippen MR) is 191 cm³/mol. The van der Waals surface area contributed by atoms with E-state index in [9.17, 15) is 18.0 Å². The highest BCUT2D eigenvalue weighted by Crippen LogP contribution is 2.36. The minimum absolute atomic E-state index is 0.0197. The van der Waals surface area contributed by atoms with Gasteiger partial charge in [0.2, 0.25) is 11.8 Å². The SMILES string of the molecule is CC[C@H](C)NC(=O)[C@H](Cc1ccccc1)N(Cc1ccc(Cl)c(Cl)c1)C(=O)CN(c1cccc(Cl)c1Cl)S(=O)(=O)c1ccc(C)cc1. The maximum Gasteiger partial charge on any atom is 0.264 e. The van der Waals surface area contributed by atoms with Gasteiger partial charge in [-0.2, -0.15) is 0 Å². The molecule has 0 saturated carbocycles. The lowest BCUT2D eigenvalue weighted by Gasteiger charge is -2.34. The van der Waals surface area contributed by atoms with E-state index in [-0.39, 0.29) is 50.6 Å². The second kappa shape index (κ2) is 16.2. The fourth-order valence-electron chi connectivity index (χ4n) is 4.87. The Hall–Kier alpha value is -3.27. The molecule has 0 radical (unpaired) electrons. The van der Waals surface area contributed by atoms with Gasteiger partial charge >= 0.3 is 0 Å². The van der Waals surface area contributed by atoms with E-state index in [0.717, 1.165) is 15.4 Å². The molecule has 2 amide bonds. The van der Waals surface area contributed by atoms with Gasteiger partial charge in [-0.25, -0.2) is 8.42 Å². The Morgan fingerprint density at radius 2 is 1.49 bits per heavy atom. The first-order chi connectivity index (χ1) is 22.3. The van der Waals surface area contributed by atoms with Crippen molar-refractivity contribution in [1.29, 1.82) is 0 Å². The van der Waals surface area contributed by atoms with Gasteiger partial charge in [-0.05, 0) is 67.8 Å². The number of aryl methyl sites for hydroxylation is 1. The zero-order chi connectivity index (χ0) is 34.3. The van der Waals surface area contributed by atoms with E-state index < -0.39 is 28.5 Å². The molecule has 7 nitrogen and oxygen atoms in total. The van der Waals surface area contributed by atoms with Gasteiger partial charge in [0.05, 0.1) is 30.7 Å². The van der Waals surface area contributed by atoms with Crippen LogP contribution in [0.2, 0.25) is 20.1 Å². The Bertz CT molecular complexity index is 1820. The van der Waals surface area contributed by atoms with Crippen molar-refractivity contribution in [3.63, 3.8) is 0 Å². The lowest BCUT2D eigenvalue weighted by atomic mass is 10.0. The number of carbonyl (C=O) groups is 2. The number of benzene rings is 4. The van der Waals surface area contributed by atoms with Crippen LogP contribution in [0.1, 0.15) is 37.0 Å². The van der Waals surface area contributed by atoms with Crippen molar-refractivity contribution in [2.45, 2.75) is 57.1 Å². The first kappa shape index (κ1) is 36.6. The minimum atomic E-state index is -4.35. The average Bonchev–Trinajstić information content (AvgIpc) is 3.05. The molecule has 0 saturated heterocycles. The summed E-state index contributed by atoms with van der Waals surface area (Å²) in [5.41, 5.74) is 2.28. The maximum absolute atomic E-state index is 14.6. The predicted octanol–water partition coefficient (Wildman–Crippen LogP) is 8.36. The summed E-state index contributed by atoms with van der Waals surface area (Å²) >= 11 is 25.4. The second-order valence-corrected chi connectivity index (χ2v) is 14.7. The van der Waals surface area contributed by atoms with Crippen LogP contribution in [0.4, 0.5) is 5.69 Å². The van der Waals surface area contributed by atoms with Crippen molar-refractivity contribution in [2.24, 2.45) is 0 Å². The van der Waals surface area contributed by atoms with Gasteiger partial charge in [-0.15, -0.1) is 0 Å². The van der Waals surface area contributed by atoms with Gasteiger partial charge in [0.25, 0.3) is 10.0 Å². The Morgan fingerprint density at radius 3 is 2.13 bits per heavy atom. The van der Waals surface area contributed by atoms with Crippen LogP contribution in [-0.2, 0) is 32.6 Å². The van der Waals surface area contributed by atoms with Crippen molar-refractivity contribution < 1.29 is 18.0 Å². The van der Waals surface area contributed by atoms with Crippen molar-refractivity contribution in [3.05, 3.63) is 128 Å². The van der Waals surface area contributed by atoms with E-state index in [1.165, 1.54) is 29.2 Å². The first-order valence-corrected chi connectivity index (χ1v) is 17.9. The number of carbonyl (C=O) groups excluding carboxylic acids is 2. The standard InChI is InChI=1S/C35H35Cl4N3O4S/c1-4-24(3)40-35(44)32(20-25-9-6-5-7-10-25)41(21-26-15-18-28(36)30(38)19-26)33(43)22-42(31-12-8-11-29(37)34(31)39)47(45,46)27-16-13-23(2)14-17-27/h5-19,24,32H,4,20-22H2,1-3H3,(H,40,44)/t24-,32-/m0/s1. The van der Waals surface area contributed by atoms with Crippen molar-refractivity contribution >= 4 is 73.9 Å². The zero-order valence-electron chi connectivity index (χ0n) is 26.1. The van der Waals surface area contributed by atoms with Gasteiger partial charge in [0.1, 0.15) is 12.6 Å². The molecule has 0 aliphatic carbocycles. The van der Waals surface area contributed by atoms with Crippen molar-refractivity contribution in [2.75, 3.05) is 10.8 Å². The Morgan fingerprint density at radius 1 is 0.809 bits per heavy atom. The third-order valence-corrected chi connectivity index (χ3v) is 11.0. The Kier molecular flexibility index (Phi) is 12.6. The van der Waals surface area contributed by atoms with E-state index in [2.05, 4.69) is 5.32 Å². The molecule has 0 aliphatic rings. The summed E-state index contributed by atoms with van der Waals surface area (Å²) in [6.07, 6.45) is 0.833. The number of nitrogens with zero attached hydrogens (tertiary/aromatic N) is 2. The number of halogens is 4. The van der Waals surface area contributed by atoms with E-state index in [4.69, 9.17) is 46.4 Å². The van der Waals surface area contributed by atoms with E-state index in [1.807, 2.05) is 51.1 Å². The normalized spacial score (nSPS) is 12.7. The monoisotopic (exact) mass is 733 g/mol. The first-order valence-electron chi connectivity index (χ1n) is 14.9. The molecule has 47 heavy (non-hydrogen) atoms. The highest BCUT2D eigenvalue weighted by Gasteiger charge is 2.36.